The Bertz CT molecular complexity index is 733. The van der Waals surface area contributed by atoms with E-state index in [-0.39, 0.29) is 12.3 Å². The number of nitro groups is 1. The van der Waals surface area contributed by atoms with Gasteiger partial charge in [0.1, 0.15) is 18.5 Å². The van der Waals surface area contributed by atoms with Crippen LogP contribution < -0.4 is 4.74 Å². The molecule has 1 aromatic carbocycles. The molecular formula is C18H22N2O4S. The monoisotopic (exact) mass is 362 g/mol. The van der Waals surface area contributed by atoms with Gasteiger partial charge in [-0.3, -0.25) is 15.0 Å². The van der Waals surface area contributed by atoms with Crippen LogP contribution in [0.1, 0.15) is 29.8 Å². The topological polar surface area (TPSA) is 75.8 Å². The lowest BCUT2D eigenvalue weighted by Crippen LogP contribution is -2.41. The second-order valence-corrected chi connectivity index (χ2v) is 7.19. The van der Waals surface area contributed by atoms with E-state index in [0.717, 1.165) is 19.4 Å². The zero-order valence-electron chi connectivity index (χ0n) is 14.1. The van der Waals surface area contributed by atoms with E-state index in [9.17, 15) is 15.2 Å². The van der Waals surface area contributed by atoms with Crippen LogP contribution in [-0.2, 0) is 6.42 Å². The predicted octanol–water partition coefficient (Wildman–Crippen LogP) is 3.41. The maximum atomic E-state index is 10.8. The van der Waals surface area contributed by atoms with Crippen molar-refractivity contribution in [3.63, 3.8) is 0 Å². The number of rotatable bonds is 7. The molecule has 25 heavy (non-hydrogen) atoms. The summed E-state index contributed by atoms with van der Waals surface area (Å²) in [4.78, 5) is 14.1. The number of hydrogen-bond acceptors (Lipinski definition) is 6. The van der Waals surface area contributed by atoms with Crippen molar-refractivity contribution in [1.29, 1.82) is 0 Å². The minimum absolute atomic E-state index is 0.0148. The molecule has 2 aromatic rings. The summed E-state index contributed by atoms with van der Waals surface area (Å²) in [6, 6.07) is 8.55. The smallest absolute Gasteiger partial charge is 0.273 e. The summed E-state index contributed by atoms with van der Waals surface area (Å²) >= 11 is 1.81. The lowest BCUT2D eigenvalue weighted by Gasteiger charge is -2.36. The minimum Gasteiger partial charge on any atom is -0.491 e. The second kappa shape index (κ2) is 7.95. The molecule has 1 aliphatic heterocycles. The molecule has 0 fully saturated rings. The number of nitro benzene ring substituents is 1. The van der Waals surface area contributed by atoms with E-state index >= 15 is 0 Å². The minimum atomic E-state index is -0.645. The largest absolute Gasteiger partial charge is 0.491 e. The van der Waals surface area contributed by atoms with Gasteiger partial charge in [0.05, 0.1) is 11.0 Å². The summed E-state index contributed by atoms with van der Waals surface area (Å²) in [6.07, 6.45) is 1.37. The lowest BCUT2D eigenvalue weighted by atomic mass is 9.97. The van der Waals surface area contributed by atoms with Crippen LogP contribution in [0, 0.1) is 10.1 Å². The molecule has 2 heterocycles. The molecule has 1 aliphatic rings. The van der Waals surface area contributed by atoms with Gasteiger partial charge in [0.15, 0.2) is 0 Å². The first-order chi connectivity index (χ1) is 12.1. The number of thiophene rings is 1. The summed E-state index contributed by atoms with van der Waals surface area (Å²) in [7, 11) is 0. The first-order valence-corrected chi connectivity index (χ1v) is 9.32. The quantitative estimate of drug-likeness (QED) is 0.603. The van der Waals surface area contributed by atoms with E-state index in [2.05, 4.69) is 23.3 Å². The van der Waals surface area contributed by atoms with Gasteiger partial charge in [-0.25, -0.2) is 0 Å². The average molecular weight is 362 g/mol. The third-order valence-corrected chi connectivity index (χ3v) is 5.51. The van der Waals surface area contributed by atoms with Crippen molar-refractivity contribution < 1.29 is 14.8 Å². The number of aliphatic hydroxyl groups excluding tert-OH is 1. The number of benzene rings is 1. The molecule has 0 bridgehead atoms. The normalized spacial score (nSPS) is 18.6. The van der Waals surface area contributed by atoms with Crippen molar-refractivity contribution in [2.24, 2.45) is 0 Å². The van der Waals surface area contributed by atoms with Gasteiger partial charge in [0, 0.05) is 30.1 Å². The molecule has 6 nitrogen and oxygen atoms in total. The van der Waals surface area contributed by atoms with E-state index < -0.39 is 11.0 Å². The highest BCUT2D eigenvalue weighted by Gasteiger charge is 2.28. The van der Waals surface area contributed by atoms with E-state index in [1.54, 1.807) is 12.1 Å². The van der Waals surface area contributed by atoms with Crippen molar-refractivity contribution >= 4 is 17.0 Å². The van der Waals surface area contributed by atoms with Crippen LogP contribution in [0.3, 0.4) is 0 Å². The third kappa shape index (κ3) is 4.18. The number of nitrogens with zero attached hydrogens (tertiary/aromatic N) is 2. The molecule has 1 N–H and O–H groups in total. The number of non-ortho nitro benzene ring substituents is 1. The summed E-state index contributed by atoms with van der Waals surface area (Å²) < 4.78 is 5.54. The van der Waals surface area contributed by atoms with Crippen LogP contribution in [0.4, 0.5) is 5.69 Å². The molecule has 1 aromatic heterocycles. The van der Waals surface area contributed by atoms with Gasteiger partial charge in [0.25, 0.3) is 5.69 Å². The highest BCUT2D eigenvalue weighted by molar-refractivity contribution is 7.10. The van der Waals surface area contributed by atoms with Crippen LogP contribution >= 0.6 is 11.3 Å². The Kier molecular flexibility index (Phi) is 5.67. The van der Waals surface area contributed by atoms with Crippen molar-refractivity contribution in [3.05, 3.63) is 56.3 Å². The highest BCUT2D eigenvalue weighted by atomic mass is 32.1. The Labute approximate surface area is 150 Å². The number of aliphatic hydroxyl groups is 1. The Hall–Kier alpha value is -1.96. The third-order valence-electron chi connectivity index (χ3n) is 4.51. The molecule has 134 valence electrons. The average Bonchev–Trinajstić information content (AvgIpc) is 3.09. The summed E-state index contributed by atoms with van der Waals surface area (Å²) in [5, 5.41) is 23.3. The van der Waals surface area contributed by atoms with Crippen molar-refractivity contribution in [2.45, 2.75) is 31.9 Å². The Morgan fingerprint density at radius 1 is 1.48 bits per heavy atom. The fraction of sp³-hybridized carbons (Fsp3) is 0.444. The maximum Gasteiger partial charge on any atom is 0.273 e. The van der Waals surface area contributed by atoms with Crippen molar-refractivity contribution in [2.75, 3.05) is 19.7 Å². The van der Waals surface area contributed by atoms with Gasteiger partial charge >= 0.3 is 0 Å². The maximum absolute atomic E-state index is 10.8. The Balaban J connectivity index is 1.57. The van der Waals surface area contributed by atoms with Gasteiger partial charge in [-0.1, -0.05) is 13.0 Å². The van der Waals surface area contributed by atoms with Crippen LogP contribution in [0.15, 0.2) is 35.7 Å². The fourth-order valence-corrected chi connectivity index (χ4v) is 4.28. The second-order valence-electron chi connectivity index (χ2n) is 6.19. The molecule has 7 heteroatoms. The molecule has 0 spiro atoms. The highest BCUT2D eigenvalue weighted by Crippen LogP contribution is 2.35. The zero-order valence-corrected chi connectivity index (χ0v) is 14.9. The standard InChI is InChI=1S/C18H22N2O4S/c1-2-17-16-7-9-25-18(16)6-8-19(17)11-14(21)12-24-15-5-3-4-13(10-15)20(22)23/h3-5,7,9-10,14,17,21H,2,6,8,11-12H2,1H3/t14-,17+/m1/s1. The summed E-state index contributed by atoms with van der Waals surface area (Å²) in [5.74, 6) is 0.402. The molecule has 0 amide bonds. The summed E-state index contributed by atoms with van der Waals surface area (Å²) in [5.41, 5.74) is 1.37. The van der Waals surface area contributed by atoms with Crippen LogP contribution in [0.5, 0.6) is 5.75 Å². The number of hydrogen-bond donors (Lipinski definition) is 1. The molecule has 0 aliphatic carbocycles. The first kappa shape index (κ1) is 17.8. The van der Waals surface area contributed by atoms with Gasteiger partial charge in [-0.05, 0) is 35.9 Å². The molecule has 3 rings (SSSR count). The van der Waals surface area contributed by atoms with Crippen molar-refractivity contribution in [3.8, 4) is 5.75 Å². The number of fused-ring (bicyclic) bond motifs is 1. The van der Waals surface area contributed by atoms with E-state index in [1.807, 2.05) is 11.3 Å². The van der Waals surface area contributed by atoms with E-state index in [4.69, 9.17) is 4.74 Å². The molecule has 0 saturated heterocycles. The SMILES string of the molecule is CC[C@H]1c2ccsc2CCN1C[C@@H](O)COc1cccc([N+](=O)[O-])c1. The van der Waals surface area contributed by atoms with Gasteiger partial charge in [-0.2, -0.15) is 0 Å². The predicted molar refractivity (Wildman–Crippen MR) is 97.2 cm³/mol. The van der Waals surface area contributed by atoms with Crippen LogP contribution in [0.25, 0.3) is 0 Å². The van der Waals surface area contributed by atoms with E-state index in [0.29, 0.717) is 18.3 Å². The molecule has 0 saturated carbocycles. The number of ether oxygens (including phenoxy) is 1. The van der Waals surface area contributed by atoms with Gasteiger partial charge in [0.2, 0.25) is 0 Å². The summed E-state index contributed by atoms with van der Waals surface area (Å²) in [6.45, 7) is 3.74. The molecule has 2 atom stereocenters. The van der Waals surface area contributed by atoms with Gasteiger partial charge < -0.3 is 9.84 Å². The van der Waals surface area contributed by atoms with Gasteiger partial charge in [-0.15, -0.1) is 11.3 Å². The molecule has 0 unspecified atom stereocenters. The molecular weight excluding hydrogens is 340 g/mol. The molecule has 0 radical (unpaired) electrons. The first-order valence-electron chi connectivity index (χ1n) is 8.44. The van der Waals surface area contributed by atoms with Crippen LogP contribution in [0.2, 0.25) is 0 Å². The lowest BCUT2D eigenvalue weighted by molar-refractivity contribution is -0.384. The van der Waals surface area contributed by atoms with Crippen LogP contribution in [-0.4, -0.2) is 40.7 Å². The fourth-order valence-electron chi connectivity index (χ4n) is 3.35. The van der Waals surface area contributed by atoms with Crippen molar-refractivity contribution in [1.82, 2.24) is 4.90 Å². The Morgan fingerprint density at radius 3 is 3.08 bits per heavy atom. The Morgan fingerprint density at radius 2 is 2.32 bits per heavy atom. The van der Waals surface area contributed by atoms with E-state index in [1.165, 1.54) is 22.6 Å². The zero-order chi connectivity index (χ0) is 17.8. The number of β-amino-alcohol motifs (C(OH)–C–C–N with tert-alkyl or cyclic N) is 1.